The number of carboxylic acids is 1. The minimum atomic E-state index is -0.760. The van der Waals surface area contributed by atoms with Gasteiger partial charge in [0.1, 0.15) is 0 Å². The van der Waals surface area contributed by atoms with Crippen LogP contribution in [0.5, 0.6) is 0 Å². The third-order valence-corrected chi connectivity index (χ3v) is 3.77. The average molecular weight is 264 g/mol. The SMILES string of the molecule is CCc1nnc(N2CCC(C)(C(=O)O)C2)nc1CC. The molecule has 1 unspecified atom stereocenters. The molecule has 0 spiro atoms. The highest BCUT2D eigenvalue weighted by molar-refractivity contribution is 5.76. The van der Waals surface area contributed by atoms with Gasteiger partial charge in [-0.15, -0.1) is 5.10 Å². The molecule has 1 aliphatic rings. The van der Waals surface area contributed by atoms with Crippen LogP contribution < -0.4 is 4.90 Å². The summed E-state index contributed by atoms with van der Waals surface area (Å²) in [6.45, 7) is 6.95. The van der Waals surface area contributed by atoms with Crippen molar-refractivity contribution in [2.75, 3.05) is 18.0 Å². The van der Waals surface area contributed by atoms with E-state index >= 15 is 0 Å². The Morgan fingerprint density at radius 1 is 1.32 bits per heavy atom. The fourth-order valence-electron chi connectivity index (χ4n) is 2.37. The van der Waals surface area contributed by atoms with Gasteiger partial charge in [0.15, 0.2) is 0 Å². The molecule has 1 saturated heterocycles. The van der Waals surface area contributed by atoms with Crippen LogP contribution in [0.4, 0.5) is 5.95 Å². The zero-order valence-corrected chi connectivity index (χ0v) is 11.7. The monoisotopic (exact) mass is 264 g/mol. The van der Waals surface area contributed by atoms with Crippen molar-refractivity contribution in [3.05, 3.63) is 11.4 Å². The van der Waals surface area contributed by atoms with E-state index < -0.39 is 11.4 Å². The summed E-state index contributed by atoms with van der Waals surface area (Å²) in [6, 6.07) is 0. The molecule has 1 N–H and O–H groups in total. The van der Waals surface area contributed by atoms with E-state index in [0.29, 0.717) is 25.5 Å². The van der Waals surface area contributed by atoms with Crippen molar-refractivity contribution in [2.45, 2.75) is 40.0 Å². The van der Waals surface area contributed by atoms with Crippen LogP contribution in [0.2, 0.25) is 0 Å². The Labute approximate surface area is 112 Å². The van der Waals surface area contributed by atoms with Gasteiger partial charge >= 0.3 is 5.97 Å². The molecule has 6 nitrogen and oxygen atoms in total. The van der Waals surface area contributed by atoms with E-state index in [1.165, 1.54) is 0 Å². The summed E-state index contributed by atoms with van der Waals surface area (Å²) in [4.78, 5) is 17.7. The average Bonchev–Trinajstić information content (AvgIpc) is 2.82. The molecule has 1 aromatic rings. The van der Waals surface area contributed by atoms with Crippen molar-refractivity contribution in [2.24, 2.45) is 5.41 Å². The molecule has 6 heteroatoms. The fraction of sp³-hybridized carbons (Fsp3) is 0.692. The van der Waals surface area contributed by atoms with Gasteiger partial charge in [0, 0.05) is 13.1 Å². The second-order valence-corrected chi connectivity index (χ2v) is 5.25. The number of carbonyl (C=O) groups is 1. The lowest BCUT2D eigenvalue weighted by Gasteiger charge is -2.20. The number of aryl methyl sites for hydroxylation is 2. The molecule has 0 saturated carbocycles. The molecule has 104 valence electrons. The number of aliphatic carboxylic acids is 1. The number of nitrogens with zero attached hydrogens (tertiary/aromatic N) is 4. The van der Waals surface area contributed by atoms with Gasteiger partial charge < -0.3 is 10.0 Å². The Bertz CT molecular complexity index is 492. The van der Waals surface area contributed by atoms with E-state index in [-0.39, 0.29) is 0 Å². The molecule has 1 fully saturated rings. The predicted molar refractivity (Wildman–Crippen MR) is 71.2 cm³/mol. The van der Waals surface area contributed by atoms with E-state index in [4.69, 9.17) is 0 Å². The van der Waals surface area contributed by atoms with Crippen LogP contribution in [0.1, 0.15) is 38.6 Å². The van der Waals surface area contributed by atoms with E-state index in [0.717, 1.165) is 24.2 Å². The van der Waals surface area contributed by atoms with Crippen LogP contribution in [0.3, 0.4) is 0 Å². The maximum absolute atomic E-state index is 11.2. The van der Waals surface area contributed by atoms with Gasteiger partial charge in [0.25, 0.3) is 0 Å². The molecule has 0 aromatic carbocycles. The van der Waals surface area contributed by atoms with Gasteiger partial charge in [-0.05, 0) is 26.2 Å². The number of hydrogen-bond donors (Lipinski definition) is 1. The first-order valence-electron chi connectivity index (χ1n) is 6.71. The first kappa shape index (κ1) is 13.7. The molecule has 19 heavy (non-hydrogen) atoms. The summed E-state index contributed by atoms with van der Waals surface area (Å²) >= 11 is 0. The van der Waals surface area contributed by atoms with Crippen molar-refractivity contribution < 1.29 is 9.90 Å². The normalized spacial score (nSPS) is 22.8. The standard InChI is InChI=1S/C13H20N4O2/c1-4-9-10(5-2)15-16-12(14-9)17-7-6-13(3,8-17)11(18)19/h4-8H2,1-3H3,(H,18,19). The molecule has 2 heterocycles. The largest absolute Gasteiger partial charge is 0.481 e. The third-order valence-electron chi connectivity index (χ3n) is 3.77. The van der Waals surface area contributed by atoms with Crippen LogP contribution in [0, 0.1) is 5.41 Å². The maximum Gasteiger partial charge on any atom is 0.311 e. The highest BCUT2D eigenvalue weighted by Gasteiger charge is 2.41. The van der Waals surface area contributed by atoms with Crippen molar-refractivity contribution >= 4 is 11.9 Å². The molecule has 0 bridgehead atoms. The van der Waals surface area contributed by atoms with Crippen LogP contribution in [-0.2, 0) is 17.6 Å². The molecule has 1 aromatic heterocycles. The summed E-state index contributed by atoms with van der Waals surface area (Å²) in [5.41, 5.74) is 1.17. The molecule has 0 radical (unpaired) electrons. The number of anilines is 1. The number of carboxylic acid groups (broad SMARTS) is 1. The van der Waals surface area contributed by atoms with E-state index in [2.05, 4.69) is 15.2 Å². The van der Waals surface area contributed by atoms with Gasteiger partial charge in [-0.3, -0.25) is 4.79 Å². The van der Waals surface area contributed by atoms with Gasteiger partial charge in [-0.1, -0.05) is 13.8 Å². The topological polar surface area (TPSA) is 79.2 Å². The highest BCUT2D eigenvalue weighted by Crippen LogP contribution is 2.31. The molecular formula is C13H20N4O2. The summed E-state index contributed by atoms with van der Waals surface area (Å²) < 4.78 is 0. The Kier molecular flexibility index (Phi) is 3.68. The lowest BCUT2D eigenvalue weighted by molar-refractivity contribution is -0.146. The maximum atomic E-state index is 11.2. The molecule has 1 aliphatic heterocycles. The summed E-state index contributed by atoms with van der Waals surface area (Å²) in [5.74, 6) is -0.206. The first-order valence-corrected chi connectivity index (χ1v) is 6.71. The quantitative estimate of drug-likeness (QED) is 0.883. The van der Waals surface area contributed by atoms with Crippen molar-refractivity contribution in [1.29, 1.82) is 0 Å². The van der Waals surface area contributed by atoms with Gasteiger partial charge in [-0.25, -0.2) is 4.98 Å². The highest BCUT2D eigenvalue weighted by atomic mass is 16.4. The second kappa shape index (κ2) is 5.11. The summed E-state index contributed by atoms with van der Waals surface area (Å²) in [5, 5.41) is 17.6. The molecular weight excluding hydrogens is 244 g/mol. The Morgan fingerprint density at radius 3 is 2.53 bits per heavy atom. The minimum Gasteiger partial charge on any atom is -0.481 e. The van der Waals surface area contributed by atoms with Gasteiger partial charge in [-0.2, -0.15) is 5.10 Å². The van der Waals surface area contributed by atoms with Gasteiger partial charge in [0.05, 0.1) is 16.8 Å². The fourth-order valence-corrected chi connectivity index (χ4v) is 2.37. The van der Waals surface area contributed by atoms with Crippen LogP contribution in [0.25, 0.3) is 0 Å². The second-order valence-electron chi connectivity index (χ2n) is 5.25. The molecule has 0 amide bonds. The zero-order valence-electron chi connectivity index (χ0n) is 11.7. The smallest absolute Gasteiger partial charge is 0.311 e. The van der Waals surface area contributed by atoms with E-state index in [1.807, 2.05) is 18.7 Å². The van der Waals surface area contributed by atoms with Crippen molar-refractivity contribution in [3.63, 3.8) is 0 Å². The van der Waals surface area contributed by atoms with E-state index in [1.54, 1.807) is 6.92 Å². The number of hydrogen-bond acceptors (Lipinski definition) is 5. The van der Waals surface area contributed by atoms with Gasteiger partial charge in [0.2, 0.25) is 5.95 Å². The lowest BCUT2D eigenvalue weighted by atomic mass is 9.90. The van der Waals surface area contributed by atoms with Crippen LogP contribution in [0.15, 0.2) is 0 Å². The predicted octanol–water partition coefficient (Wildman–Crippen LogP) is 1.30. The van der Waals surface area contributed by atoms with Crippen LogP contribution in [-0.4, -0.2) is 39.3 Å². The molecule has 1 atom stereocenters. The Hall–Kier alpha value is -1.72. The minimum absolute atomic E-state index is 0.443. The Morgan fingerprint density at radius 2 is 2.00 bits per heavy atom. The summed E-state index contributed by atoms with van der Waals surface area (Å²) in [6.07, 6.45) is 2.24. The van der Waals surface area contributed by atoms with Crippen LogP contribution >= 0.6 is 0 Å². The van der Waals surface area contributed by atoms with E-state index in [9.17, 15) is 9.90 Å². The molecule has 0 aliphatic carbocycles. The first-order chi connectivity index (χ1) is 9.00. The molecule has 2 rings (SSSR count). The number of rotatable bonds is 4. The summed E-state index contributed by atoms with van der Waals surface area (Å²) in [7, 11) is 0. The number of aromatic nitrogens is 3. The lowest BCUT2D eigenvalue weighted by Crippen LogP contribution is -2.32. The Balaban J connectivity index is 2.22. The van der Waals surface area contributed by atoms with Crippen molar-refractivity contribution in [3.8, 4) is 0 Å². The zero-order chi connectivity index (χ0) is 14.0. The third kappa shape index (κ3) is 2.52. The van der Waals surface area contributed by atoms with Crippen molar-refractivity contribution in [1.82, 2.24) is 15.2 Å².